The number of carbonyl (C=O) groups excluding carboxylic acids is 1. The van der Waals surface area contributed by atoms with Crippen LogP contribution in [0.3, 0.4) is 0 Å². The number of hydrogen-bond donors (Lipinski definition) is 1. The second-order valence-electron chi connectivity index (χ2n) is 16.5. The molecule has 332 valence electrons. The fraction of sp³-hybridized carbons (Fsp3) is 0.367. The van der Waals surface area contributed by atoms with Crippen molar-refractivity contribution in [3.63, 3.8) is 0 Å². The highest BCUT2D eigenvalue weighted by atomic mass is 31.2. The molecule has 3 heterocycles. The summed E-state index contributed by atoms with van der Waals surface area (Å²) in [5.74, 6) is 1.42. The number of rotatable bonds is 19. The summed E-state index contributed by atoms with van der Waals surface area (Å²) in [4.78, 5) is 27.2. The number of hydrogen-bond acceptors (Lipinski definition) is 12. The molecule has 2 fully saturated rings. The SMILES string of the molecule is COc1ccc(C(OC[C@H]2O[C@@H](n3cnc4c(NC(=O)c5ccccc5)ncnc43)C3(CC3)[C@@H]2OP(OCCC#N)N(C(C)C)C(C)C)(c2ccccc2)c2ccc(OC)cc2)cc1. The van der Waals surface area contributed by atoms with E-state index in [9.17, 15) is 10.1 Å². The fourth-order valence-electron chi connectivity index (χ4n) is 8.76. The van der Waals surface area contributed by atoms with Crippen LogP contribution in [0.2, 0.25) is 0 Å². The van der Waals surface area contributed by atoms with E-state index in [0.717, 1.165) is 41.0 Å². The molecule has 8 rings (SSSR count). The van der Waals surface area contributed by atoms with E-state index in [-0.39, 0.29) is 37.6 Å². The van der Waals surface area contributed by atoms with E-state index >= 15 is 0 Å². The van der Waals surface area contributed by atoms with Gasteiger partial charge in [-0.05, 0) is 93.6 Å². The summed E-state index contributed by atoms with van der Waals surface area (Å²) in [6.07, 6.45) is 3.18. The van der Waals surface area contributed by atoms with Gasteiger partial charge in [0.15, 0.2) is 17.0 Å². The third-order valence-corrected chi connectivity index (χ3v) is 14.0. The van der Waals surface area contributed by atoms with Crippen molar-refractivity contribution in [2.45, 2.75) is 83.1 Å². The molecule has 14 nitrogen and oxygen atoms in total. The number of carbonyl (C=O) groups is 1. The maximum atomic E-state index is 13.3. The minimum absolute atomic E-state index is 0.0749. The average molecular weight is 884 g/mol. The molecule has 4 aromatic carbocycles. The van der Waals surface area contributed by atoms with Crippen LogP contribution in [0.5, 0.6) is 11.5 Å². The number of nitriles is 1. The van der Waals surface area contributed by atoms with Crippen LogP contribution in [0.4, 0.5) is 5.82 Å². The highest BCUT2D eigenvalue weighted by Crippen LogP contribution is 2.67. The Morgan fingerprint density at radius 2 is 1.47 bits per heavy atom. The Kier molecular flexibility index (Phi) is 13.7. The number of imidazole rings is 1. The summed E-state index contributed by atoms with van der Waals surface area (Å²) >= 11 is 0. The summed E-state index contributed by atoms with van der Waals surface area (Å²) in [5, 5.41) is 12.5. The second kappa shape index (κ2) is 19.5. The number of aromatic nitrogens is 4. The van der Waals surface area contributed by atoms with Gasteiger partial charge in [-0.15, -0.1) is 0 Å². The van der Waals surface area contributed by atoms with Gasteiger partial charge in [0.05, 0.1) is 46.3 Å². The molecule has 1 spiro atoms. The molecule has 6 aromatic rings. The number of nitrogens with one attached hydrogen (secondary N) is 1. The molecule has 2 aromatic heterocycles. The van der Waals surface area contributed by atoms with Crippen molar-refractivity contribution >= 4 is 31.4 Å². The molecular formula is C49H54N7O7P. The predicted octanol–water partition coefficient (Wildman–Crippen LogP) is 9.44. The minimum Gasteiger partial charge on any atom is -0.497 e. The second-order valence-corrected chi connectivity index (χ2v) is 17.9. The van der Waals surface area contributed by atoms with E-state index in [1.807, 2.05) is 89.5 Å². The van der Waals surface area contributed by atoms with Gasteiger partial charge in [-0.25, -0.2) is 19.6 Å². The molecular weight excluding hydrogens is 830 g/mol. The van der Waals surface area contributed by atoms with Crippen LogP contribution in [-0.2, 0) is 24.1 Å². The Bertz CT molecular complexity index is 2480. The molecule has 1 amide bonds. The maximum Gasteiger partial charge on any atom is 0.259 e. The van der Waals surface area contributed by atoms with Crippen molar-refractivity contribution in [1.82, 2.24) is 24.2 Å². The standard InChI is InChI=1S/C49H54N7O7P/c1-33(2)56(34(3)4)64(61-29-13-28-50)63-43-41(30-60-49(36-16-11-8-12-17-36,37-18-22-39(58-5)23-19-37)38-20-24-40(59-6)25-21-38)62-47(48(43)26-27-48)55-32-53-42-44(51-31-52-45(42)55)54-46(57)35-14-9-7-10-15-35/h7-12,14-25,31-34,41,43,47H,13,26-27,29-30H2,1-6H3,(H,51,52,54,57)/t41-,43-,47-,64?/m1/s1. The highest BCUT2D eigenvalue weighted by Gasteiger charge is 2.66. The maximum absolute atomic E-state index is 13.3. The zero-order valence-electron chi connectivity index (χ0n) is 37.0. The van der Waals surface area contributed by atoms with Gasteiger partial charge in [0.1, 0.15) is 41.9 Å². The lowest BCUT2D eigenvalue weighted by Crippen LogP contribution is -2.41. The number of benzene rings is 4. The van der Waals surface area contributed by atoms with Crippen LogP contribution >= 0.6 is 8.53 Å². The van der Waals surface area contributed by atoms with Crippen LogP contribution in [-0.4, -0.2) is 81.8 Å². The van der Waals surface area contributed by atoms with Crippen molar-refractivity contribution < 1.29 is 32.8 Å². The molecule has 1 aliphatic heterocycles. The Labute approximate surface area is 375 Å². The first-order valence-electron chi connectivity index (χ1n) is 21.6. The molecule has 15 heteroatoms. The summed E-state index contributed by atoms with van der Waals surface area (Å²) < 4.78 is 44.0. The summed E-state index contributed by atoms with van der Waals surface area (Å²) in [5.41, 5.74) is 2.44. The summed E-state index contributed by atoms with van der Waals surface area (Å²) in [6.45, 7) is 8.80. The Balaban J connectivity index is 1.22. The van der Waals surface area contributed by atoms with Crippen LogP contribution in [0, 0.1) is 16.7 Å². The molecule has 4 atom stereocenters. The summed E-state index contributed by atoms with van der Waals surface area (Å²) in [7, 11) is 1.62. The molecule has 1 saturated carbocycles. The van der Waals surface area contributed by atoms with Gasteiger partial charge >= 0.3 is 0 Å². The van der Waals surface area contributed by atoms with E-state index < -0.39 is 38.0 Å². The van der Waals surface area contributed by atoms with E-state index in [1.54, 1.807) is 32.7 Å². The zero-order chi connectivity index (χ0) is 44.8. The van der Waals surface area contributed by atoms with Crippen LogP contribution in [0.25, 0.3) is 11.2 Å². The lowest BCUT2D eigenvalue weighted by Gasteiger charge is -2.39. The van der Waals surface area contributed by atoms with Gasteiger partial charge in [-0.1, -0.05) is 72.8 Å². The first-order chi connectivity index (χ1) is 31.1. The van der Waals surface area contributed by atoms with Crippen molar-refractivity contribution in [3.05, 3.63) is 144 Å². The van der Waals surface area contributed by atoms with E-state index in [2.05, 4.69) is 60.9 Å². The number of ether oxygens (including phenoxy) is 4. The third kappa shape index (κ3) is 8.84. The molecule has 1 unspecified atom stereocenters. The Morgan fingerprint density at radius 1 is 0.875 bits per heavy atom. The molecule has 1 N–H and O–H groups in total. The van der Waals surface area contributed by atoms with Crippen molar-refractivity contribution in [1.29, 1.82) is 5.26 Å². The van der Waals surface area contributed by atoms with Crippen LogP contribution < -0.4 is 14.8 Å². The van der Waals surface area contributed by atoms with Gasteiger partial charge in [0.25, 0.3) is 14.4 Å². The number of fused-ring (bicyclic) bond motifs is 1. The van der Waals surface area contributed by atoms with Gasteiger partial charge in [-0.2, -0.15) is 5.26 Å². The lowest BCUT2D eigenvalue weighted by molar-refractivity contribution is -0.0920. The number of nitrogens with zero attached hydrogens (tertiary/aromatic N) is 6. The van der Waals surface area contributed by atoms with Crippen molar-refractivity contribution in [2.24, 2.45) is 5.41 Å². The molecule has 1 saturated heterocycles. The predicted molar refractivity (Wildman–Crippen MR) is 244 cm³/mol. The molecule has 64 heavy (non-hydrogen) atoms. The quantitative estimate of drug-likeness (QED) is 0.0468. The number of anilines is 1. The molecule has 2 aliphatic rings. The Morgan fingerprint density at radius 3 is 2.03 bits per heavy atom. The largest absolute Gasteiger partial charge is 0.497 e. The Hall–Kier alpha value is -5.78. The third-order valence-electron chi connectivity index (χ3n) is 11.9. The monoisotopic (exact) mass is 883 g/mol. The molecule has 0 radical (unpaired) electrons. The van der Waals surface area contributed by atoms with Gasteiger partial charge in [0.2, 0.25) is 0 Å². The average Bonchev–Trinajstić information content (AvgIpc) is 3.92. The molecule has 0 bridgehead atoms. The van der Waals surface area contributed by atoms with Crippen LogP contribution in [0.15, 0.2) is 122 Å². The first kappa shape index (κ1) is 44.8. The summed E-state index contributed by atoms with van der Waals surface area (Å²) in [6, 6.07) is 37.3. The lowest BCUT2D eigenvalue weighted by atomic mass is 9.80. The van der Waals surface area contributed by atoms with E-state index in [0.29, 0.717) is 22.5 Å². The van der Waals surface area contributed by atoms with Gasteiger partial charge in [0, 0.05) is 23.1 Å². The van der Waals surface area contributed by atoms with Gasteiger partial charge in [-0.3, -0.25) is 9.36 Å². The topological polar surface area (TPSA) is 155 Å². The van der Waals surface area contributed by atoms with E-state index in [1.165, 1.54) is 6.33 Å². The normalized spacial score (nSPS) is 18.4. The zero-order valence-corrected chi connectivity index (χ0v) is 37.9. The number of amides is 1. The van der Waals surface area contributed by atoms with Crippen LogP contribution in [0.1, 0.15) is 80.2 Å². The van der Waals surface area contributed by atoms with Crippen molar-refractivity contribution in [2.75, 3.05) is 32.8 Å². The smallest absolute Gasteiger partial charge is 0.259 e. The van der Waals surface area contributed by atoms with Crippen molar-refractivity contribution in [3.8, 4) is 17.6 Å². The molecule has 1 aliphatic carbocycles. The number of methoxy groups -OCH3 is 2. The minimum atomic E-state index is -1.68. The fourth-order valence-corrected chi connectivity index (χ4v) is 10.6. The highest BCUT2D eigenvalue weighted by molar-refractivity contribution is 7.44. The van der Waals surface area contributed by atoms with Gasteiger partial charge < -0.3 is 33.3 Å². The van der Waals surface area contributed by atoms with E-state index in [4.69, 9.17) is 38.0 Å². The first-order valence-corrected chi connectivity index (χ1v) is 22.7.